The first kappa shape index (κ1) is 15.4. The van der Waals surface area contributed by atoms with Gasteiger partial charge in [-0.2, -0.15) is 0 Å². The molecule has 18 heavy (non-hydrogen) atoms. The Labute approximate surface area is 111 Å². The standard InChI is InChI=1S/C14H28N2O2/c1-4-11(5-2)13(17)9-15-10-14(18)16(6-3)12-7-8-12/h11-13,15,17H,4-10H2,1-3H3. The molecule has 0 aromatic rings. The van der Waals surface area contributed by atoms with Gasteiger partial charge >= 0.3 is 0 Å². The number of nitrogens with zero attached hydrogens (tertiary/aromatic N) is 1. The molecular weight excluding hydrogens is 228 g/mol. The Morgan fingerprint density at radius 3 is 2.39 bits per heavy atom. The quantitative estimate of drug-likeness (QED) is 0.655. The van der Waals surface area contributed by atoms with Gasteiger partial charge in [0.15, 0.2) is 0 Å². The van der Waals surface area contributed by atoms with E-state index in [0.717, 1.165) is 32.2 Å². The second-order valence-corrected chi connectivity index (χ2v) is 5.19. The van der Waals surface area contributed by atoms with Crippen LogP contribution in [0.1, 0.15) is 46.5 Å². The van der Waals surface area contributed by atoms with Crippen molar-refractivity contribution in [3.05, 3.63) is 0 Å². The third-order valence-electron chi connectivity index (χ3n) is 3.87. The Kier molecular flexibility index (Phi) is 6.65. The molecule has 1 amide bonds. The lowest BCUT2D eigenvalue weighted by atomic mass is 9.97. The predicted octanol–water partition coefficient (Wildman–Crippen LogP) is 1.38. The van der Waals surface area contributed by atoms with Crippen LogP contribution in [0.2, 0.25) is 0 Å². The molecule has 2 N–H and O–H groups in total. The van der Waals surface area contributed by atoms with E-state index < -0.39 is 0 Å². The highest BCUT2D eigenvalue weighted by molar-refractivity contribution is 5.78. The van der Waals surface area contributed by atoms with Crippen molar-refractivity contribution < 1.29 is 9.90 Å². The van der Waals surface area contributed by atoms with Gasteiger partial charge in [-0.25, -0.2) is 0 Å². The van der Waals surface area contributed by atoms with E-state index in [-0.39, 0.29) is 12.0 Å². The second-order valence-electron chi connectivity index (χ2n) is 5.19. The largest absolute Gasteiger partial charge is 0.392 e. The van der Waals surface area contributed by atoms with Crippen molar-refractivity contribution in [1.29, 1.82) is 0 Å². The summed E-state index contributed by atoms with van der Waals surface area (Å²) in [5.74, 6) is 0.495. The van der Waals surface area contributed by atoms with Crippen molar-refractivity contribution in [1.82, 2.24) is 10.2 Å². The fraction of sp³-hybridized carbons (Fsp3) is 0.929. The molecule has 0 aromatic carbocycles. The van der Waals surface area contributed by atoms with Gasteiger partial charge in [0, 0.05) is 19.1 Å². The van der Waals surface area contributed by atoms with Gasteiger partial charge < -0.3 is 15.3 Å². The molecule has 0 radical (unpaired) electrons. The molecule has 0 spiro atoms. The van der Waals surface area contributed by atoms with Gasteiger partial charge in [0.25, 0.3) is 0 Å². The number of amides is 1. The van der Waals surface area contributed by atoms with E-state index in [1.54, 1.807) is 0 Å². The number of nitrogens with one attached hydrogen (secondary N) is 1. The molecule has 1 saturated carbocycles. The van der Waals surface area contributed by atoms with Crippen molar-refractivity contribution in [2.75, 3.05) is 19.6 Å². The molecule has 4 heteroatoms. The number of carbonyl (C=O) groups excluding carboxylic acids is 1. The van der Waals surface area contributed by atoms with Crippen LogP contribution < -0.4 is 5.32 Å². The zero-order valence-corrected chi connectivity index (χ0v) is 12.0. The Balaban J connectivity index is 2.21. The highest BCUT2D eigenvalue weighted by Gasteiger charge is 2.30. The number of aliphatic hydroxyl groups excluding tert-OH is 1. The van der Waals surface area contributed by atoms with E-state index in [0.29, 0.717) is 25.0 Å². The number of aliphatic hydroxyl groups is 1. The van der Waals surface area contributed by atoms with Gasteiger partial charge in [0.05, 0.1) is 12.6 Å². The molecule has 1 unspecified atom stereocenters. The molecule has 106 valence electrons. The fourth-order valence-corrected chi connectivity index (χ4v) is 2.45. The van der Waals surface area contributed by atoms with E-state index in [9.17, 15) is 9.90 Å². The summed E-state index contributed by atoms with van der Waals surface area (Å²) < 4.78 is 0. The first-order chi connectivity index (χ1) is 8.63. The third-order valence-corrected chi connectivity index (χ3v) is 3.87. The van der Waals surface area contributed by atoms with Crippen molar-refractivity contribution in [3.8, 4) is 0 Å². The van der Waals surface area contributed by atoms with Crippen LogP contribution in [0, 0.1) is 5.92 Å². The molecule has 0 saturated heterocycles. The smallest absolute Gasteiger partial charge is 0.236 e. The first-order valence-electron chi connectivity index (χ1n) is 7.32. The summed E-state index contributed by atoms with van der Waals surface area (Å²) in [5.41, 5.74) is 0. The predicted molar refractivity (Wildman–Crippen MR) is 73.4 cm³/mol. The van der Waals surface area contributed by atoms with Crippen LogP contribution in [0.3, 0.4) is 0 Å². The monoisotopic (exact) mass is 256 g/mol. The summed E-state index contributed by atoms with van der Waals surface area (Å²) in [7, 11) is 0. The van der Waals surface area contributed by atoms with Gasteiger partial charge in [-0.3, -0.25) is 4.79 Å². The lowest BCUT2D eigenvalue weighted by molar-refractivity contribution is -0.130. The van der Waals surface area contributed by atoms with Crippen LogP contribution in [0.15, 0.2) is 0 Å². The number of hydrogen-bond acceptors (Lipinski definition) is 3. The molecular formula is C14H28N2O2. The van der Waals surface area contributed by atoms with Crippen LogP contribution >= 0.6 is 0 Å². The van der Waals surface area contributed by atoms with Gasteiger partial charge in [-0.05, 0) is 25.7 Å². The van der Waals surface area contributed by atoms with Gasteiger partial charge in [-0.15, -0.1) is 0 Å². The third kappa shape index (κ3) is 4.58. The maximum absolute atomic E-state index is 11.9. The highest BCUT2D eigenvalue weighted by atomic mass is 16.3. The number of carbonyl (C=O) groups is 1. The molecule has 0 aliphatic heterocycles. The molecule has 1 aliphatic carbocycles. The summed E-state index contributed by atoms with van der Waals surface area (Å²) in [5, 5.41) is 13.0. The Morgan fingerprint density at radius 2 is 1.94 bits per heavy atom. The Bertz CT molecular complexity index is 250. The summed E-state index contributed by atoms with van der Waals surface area (Å²) >= 11 is 0. The fourth-order valence-electron chi connectivity index (χ4n) is 2.45. The summed E-state index contributed by atoms with van der Waals surface area (Å²) in [6, 6.07) is 0.480. The van der Waals surface area contributed by atoms with Crippen molar-refractivity contribution in [2.45, 2.75) is 58.6 Å². The van der Waals surface area contributed by atoms with Crippen LogP contribution in [-0.2, 0) is 4.79 Å². The van der Waals surface area contributed by atoms with Crippen molar-refractivity contribution >= 4 is 5.91 Å². The summed E-state index contributed by atoms with van der Waals surface area (Å²) in [6.07, 6.45) is 3.92. The molecule has 0 bridgehead atoms. The van der Waals surface area contributed by atoms with Crippen molar-refractivity contribution in [2.24, 2.45) is 5.92 Å². The Morgan fingerprint density at radius 1 is 1.33 bits per heavy atom. The van der Waals surface area contributed by atoms with Crippen LogP contribution in [0.5, 0.6) is 0 Å². The van der Waals surface area contributed by atoms with E-state index in [4.69, 9.17) is 0 Å². The van der Waals surface area contributed by atoms with E-state index >= 15 is 0 Å². The van der Waals surface area contributed by atoms with Crippen LogP contribution in [-0.4, -0.2) is 47.7 Å². The van der Waals surface area contributed by atoms with Gasteiger partial charge in [0.2, 0.25) is 5.91 Å². The summed E-state index contributed by atoms with van der Waals surface area (Å²) in [4.78, 5) is 13.9. The maximum atomic E-state index is 11.9. The minimum atomic E-state index is -0.344. The average molecular weight is 256 g/mol. The van der Waals surface area contributed by atoms with E-state index in [1.807, 2.05) is 11.8 Å². The number of likely N-dealkylation sites (N-methyl/N-ethyl adjacent to an activating group) is 1. The molecule has 0 aromatic heterocycles. The van der Waals surface area contributed by atoms with Crippen LogP contribution in [0.25, 0.3) is 0 Å². The Hall–Kier alpha value is -0.610. The second kappa shape index (κ2) is 7.74. The lowest BCUT2D eigenvalue weighted by Crippen LogP contribution is -2.42. The first-order valence-corrected chi connectivity index (χ1v) is 7.32. The van der Waals surface area contributed by atoms with Gasteiger partial charge in [-0.1, -0.05) is 26.7 Å². The zero-order chi connectivity index (χ0) is 13.5. The molecule has 4 nitrogen and oxygen atoms in total. The lowest BCUT2D eigenvalue weighted by Gasteiger charge is -2.23. The molecule has 0 heterocycles. The maximum Gasteiger partial charge on any atom is 0.236 e. The topological polar surface area (TPSA) is 52.6 Å². The van der Waals surface area contributed by atoms with Crippen molar-refractivity contribution in [3.63, 3.8) is 0 Å². The van der Waals surface area contributed by atoms with Crippen LogP contribution in [0.4, 0.5) is 0 Å². The number of rotatable bonds is 9. The van der Waals surface area contributed by atoms with Gasteiger partial charge in [0.1, 0.15) is 0 Å². The van der Waals surface area contributed by atoms with E-state index in [1.165, 1.54) is 0 Å². The molecule has 1 rings (SSSR count). The minimum Gasteiger partial charge on any atom is -0.392 e. The molecule has 1 aliphatic rings. The summed E-state index contributed by atoms with van der Waals surface area (Å²) in [6.45, 7) is 7.86. The SMILES string of the molecule is CCC(CC)C(O)CNCC(=O)N(CC)C1CC1. The highest BCUT2D eigenvalue weighted by Crippen LogP contribution is 2.26. The normalized spacial score (nSPS) is 16.9. The average Bonchev–Trinajstić information content (AvgIpc) is 3.16. The van der Waals surface area contributed by atoms with E-state index in [2.05, 4.69) is 19.2 Å². The minimum absolute atomic E-state index is 0.164. The zero-order valence-electron chi connectivity index (χ0n) is 12.0. The number of hydrogen-bond donors (Lipinski definition) is 2. The molecule has 1 atom stereocenters. The molecule has 1 fully saturated rings.